The molecule has 0 amide bonds. The second-order valence-electron chi connectivity index (χ2n) is 5.44. The first kappa shape index (κ1) is 14.8. The molecule has 2 nitrogen and oxygen atoms in total. The Hall–Kier alpha value is -1.64. The third kappa shape index (κ3) is 3.27. The topological polar surface area (TPSA) is 29.5 Å². The highest BCUT2D eigenvalue weighted by molar-refractivity contribution is 5.34. The number of aryl methyl sites for hydroxylation is 2. The van der Waals surface area contributed by atoms with Crippen molar-refractivity contribution in [3.63, 3.8) is 0 Å². The predicted molar refractivity (Wildman–Crippen MR) is 81.8 cm³/mol. The van der Waals surface area contributed by atoms with Crippen LogP contribution in [-0.4, -0.2) is 18.8 Å². The summed E-state index contributed by atoms with van der Waals surface area (Å²) in [6.45, 7) is 4.43. The number of benzene rings is 2. The van der Waals surface area contributed by atoms with Crippen LogP contribution in [0.25, 0.3) is 0 Å². The second kappa shape index (κ2) is 6.21. The van der Waals surface area contributed by atoms with Crippen LogP contribution in [-0.2, 0) is 16.8 Å². The smallest absolute Gasteiger partial charge is 0.117 e. The summed E-state index contributed by atoms with van der Waals surface area (Å²) < 4.78 is 5.25. The van der Waals surface area contributed by atoms with E-state index in [-0.39, 0.29) is 6.61 Å². The van der Waals surface area contributed by atoms with Crippen molar-refractivity contribution >= 4 is 0 Å². The quantitative estimate of drug-likeness (QED) is 0.902. The minimum atomic E-state index is -0.992. The van der Waals surface area contributed by atoms with Crippen LogP contribution in [0, 0.1) is 13.8 Å². The molecule has 0 aliphatic carbocycles. The number of methoxy groups -OCH3 is 1. The molecule has 2 heteroatoms. The lowest BCUT2D eigenvalue weighted by atomic mass is 9.86. The Kier molecular flexibility index (Phi) is 4.58. The molecule has 2 rings (SSSR count). The molecule has 0 radical (unpaired) electrons. The van der Waals surface area contributed by atoms with Crippen molar-refractivity contribution in [3.05, 3.63) is 70.8 Å². The van der Waals surface area contributed by atoms with Crippen molar-refractivity contribution in [2.75, 3.05) is 13.7 Å². The van der Waals surface area contributed by atoms with Gasteiger partial charge in [-0.15, -0.1) is 0 Å². The first-order valence-corrected chi connectivity index (χ1v) is 6.88. The van der Waals surface area contributed by atoms with Crippen LogP contribution in [0.1, 0.15) is 22.3 Å². The molecule has 0 saturated heterocycles. The van der Waals surface area contributed by atoms with Gasteiger partial charge in [-0.2, -0.15) is 0 Å². The van der Waals surface area contributed by atoms with E-state index in [2.05, 4.69) is 32.0 Å². The van der Waals surface area contributed by atoms with Crippen LogP contribution in [0.2, 0.25) is 0 Å². The van der Waals surface area contributed by atoms with Crippen molar-refractivity contribution in [1.82, 2.24) is 0 Å². The zero-order valence-corrected chi connectivity index (χ0v) is 12.4. The molecular weight excluding hydrogens is 248 g/mol. The molecule has 1 unspecified atom stereocenters. The van der Waals surface area contributed by atoms with Crippen molar-refractivity contribution < 1.29 is 9.84 Å². The van der Waals surface area contributed by atoms with Crippen LogP contribution in [0.4, 0.5) is 0 Å². The summed E-state index contributed by atoms with van der Waals surface area (Å²) in [4.78, 5) is 0. The molecule has 0 aromatic heterocycles. The van der Waals surface area contributed by atoms with E-state index in [1.54, 1.807) is 7.11 Å². The van der Waals surface area contributed by atoms with Gasteiger partial charge in [0.05, 0.1) is 6.61 Å². The Bertz CT molecular complexity index is 563. The van der Waals surface area contributed by atoms with Gasteiger partial charge in [0, 0.05) is 13.5 Å². The number of hydrogen-bond donors (Lipinski definition) is 1. The van der Waals surface area contributed by atoms with E-state index in [4.69, 9.17) is 4.74 Å². The van der Waals surface area contributed by atoms with Gasteiger partial charge in [0.2, 0.25) is 0 Å². The average Bonchev–Trinajstić information content (AvgIpc) is 2.44. The molecule has 0 heterocycles. The summed E-state index contributed by atoms with van der Waals surface area (Å²) in [5, 5.41) is 11.0. The zero-order chi connectivity index (χ0) is 14.6. The molecule has 0 aliphatic rings. The molecule has 0 fully saturated rings. The monoisotopic (exact) mass is 270 g/mol. The zero-order valence-electron chi connectivity index (χ0n) is 12.4. The fourth-order valence-corrected chi connectivity index (χ4v) is 2.53. The van der Waals surface area contributed by atoms with Gasteiger partial charge in [0.15, 0.2) is 0 Å². The lowest BCUT2D eigenvalue weighted by molar-refractivity contribution is -0.0356. The number of hydrogen-bond acceptors (Lipinski definition) is 2. The van der Waals surface area contributed by atoms with Crippen molar-refractivity contribution in [2.24, 2.45) is 0 Å². The first-order chi connectivity index (χ1) is 9.55. The van der Waals surface area contributed by atoms with E-state index >= 15 is 0 Å². The molecule has 20 heavy (non-hydrogen) atoms. The number of aliphatic hydroxyl groups is 1. The van der Waals surface area contributed by atoms with Crippen molar-refractivity contribution in [2.45, 2.75) is 25.9 Å². The van der Waals surface area contributed by atoms with Crippen LogP contribution in [0.5, 0.6) is 0 Å². The summed E-state index contributed by atoms with van der Waals surface area (Å²) in [6, 6.07) is 16.1. The molecule has 0 bridgehead atoms. The highest BCUT2D eigenvalue weighted by Gasteiger charge is 2.30. The van der Waals surface area contributed by atoms with E-state index in [9.17, 15) is 5.11 Å². The largest absolute Gasteiger partial charge is 0.382 e. The van der Waals surface area contributed by atoms with Crippen LogP contribution >= 0.6 is 0 Å². The molecule has 0 saturated carbocycles. The summed E-state index contributed by atoms with van der Waals surface area (Å²) in [5.74, 6) is 0. The van der Waals surface area contributed by atoms with E-state index in [1.165, 1.54) is 11.1 Å². The SMILES string of the molecule is COCC(O)(Cc1cc(C)ccc1C)c1ccccc1. The molecule has 0 spiro atoms. The molecule has 2 aromatic carbocycles. The first-order valence-electron chi connectivity index (χ1n) is 6.88. The molecule has 2 aromatic rings. The maximum atomic E-state index is 11.0. The minimum absolute atomic E-state index is 0.282. The van der Waals surface area contributed by atoms with Gasteiger partial charge in [0.25, 0.3) is 0 Å². The highest BCUT2D eigenvalue weighted by Crippen LogP contribution is 2.28. The highest BCUT2D eigenvalue weighted by atomic mass is 16.5. The molecule has 1 atom stereocenters. The fourth-order valence-electron chi connectivity index (χ4n) is 2.53. The second-order valence-corrected chi connectivity index (χ2v) is 5.44. The lowest BCUT2D eigenvalue weighted by Gasteiger charge is -2.29. The summed E-state index contributed by atoms with van der Waals surface area (Å²) in [5.41, 5.74) is 3.46. The van der Waals surface area contributed by atoms with Crippen molar-refractivity contribution in [1.29, 1.82) is 0 Å². The van der Waals surface area contributed by atoms with Gasteiger partial charge in [-0.3, -0.25) is 0 Å². The van der Waals surface area contributed by atoms with Gasteiger partial charge in [0.1, 0.15) is 5.60 Å². The maximum Gasteiger partial charge on any atom is 0.117 e. The van der Waals surface area contributed by atoms with Gasteiger partial charge in [-0.1, -0.05) is 54.1 Å². The predicted octanol–water partition coefficient (Wildman–Crippen LogP) is 3.38. The lowest BCUT2D eigenvalue weighted by Crippen LogP contribution is -2.34. The average molecular weight is 270 g/mol. The minimum Gasteiger partial charge on any atom is -0.382 e. The van der Waals surface area contributed by atoms with Crippen LogP contribution in [0.3, 0.4) is 0 Å². The van der Waals surface area contributed by atoms with Crippen molar-refractivity contribution in [3.8, 4) is 0 Å². The third-order valence-corrected chi connectivity index (χ3v) is 3.68. The number of rotatable bonds is 5. The van der Waals surface area contributed by atoms with E-state index in [0.717, 1.165) is 11.1 Å². The van der Waals surface area contributed by atoms with Gasteiger partial charge < -0.3 is 9.84 Å². The Morgan fingerprint density at radius 1 is 1.05 bits per heavy atom. The van der Waals surface area contributed by atoms with E-state index < -0.39 is 5.60 Å². The van der Waals surface area contributed by atoms with E-state index in [0.29, 0.717) is 6.42 Å². The normalized spacial score (nSPS) is 14.0. The summed E-state index contributed by atoms with van der Waals surface area (Å²) in [6.07, 6.45) is 0.554. The third-order valence-electron chi connectivity index (χ3n) is 3.68. The van der Waals surface area contributed by atoms with Crippen LogP contribution < -0.4 is 0 Å². The standard InChI is InChI=1S/C18H22O2/c1-14-9-10-15(2)16(11-14)12-18(19,13-20-3)17-7-5-4-6-8-17/h4-11,19H,12-13H2,1-3H3. The summed E-state index contributed by atoms with van der Waals surface area (Å²) >= 11 is 0. The molecule has 0 aliphatic heterocycles. The van der Waals surface area contributed by atoms with E-state index in [1.807, 2.05) is 30.3 Å². The van der Waals surface area contributed by atoms with Crippen LogP contribution in [0.15, 0.2) is 48.5 Å². The van der Waals surface area contributed by atoms with Gasteiger partial charge in [-0.05, 0) is 30.5 Å². The summed E-state index contributed by atoms with van der Waals surface area (Å²) in [7, 11) is 1.62. The Morgan fingerprint density at radius 3 is 2.40 bits per heavy atom. The molecule has 1 N–H and O–H groups in total. The Balaban J connectivity index is 2.36. The molecular formula is C18H22O2. The molecule has 106 valence electrons. The maximum absolute atomic E-state index is 11.0. The van der Waals surface area contributed by atoms with Gasteiger partial charge >= 0.3 is 0 Å². The fraction of sp³-hybridized carbons (Fsp3) is 0.333. The Labute approximate surface area is 121 Å². The number of ether oxygens (including phenoxy) is 1. The Morgan fingerprint density at radius 2 is 1.75 bits per heavy atom. The van der Waals surface area contributed by atoms with Gasteiger partial charge in [-0.25, -0.2) is 0 Å².